The van der Waals surface area contributed by atoms with Crippen LogP contribution in [0.4, 0.5) is 5.69 Å². The van der Waals surface area contributed by atoms with E-state index < -0.39 is 0 Å². The molecule has 0 spiro atoms. The van der Waals surface area contributed by atoms with E-state index in [9.17, 15) is 9.90 Å². The van der Waals surface area contributed by atoms with Crippen molar-refractivity contribution in [3.8, 4) is 5.75 Å². The highest BCUT2D eigenvalue weighted by Crippen LogP contribution is 2.12. The zero-order valence-electron chi connectivity index (χ0n) is 11.7. The van der Waals surface area contributed by atoms with Gasteiger partial charge in [0.15, 0.2) is 0 Å². The quantitative estimate of drug-likeness (QED) is 0.457. The molecule has 0 fully saturated rings. The Labute approximate surface area is 123 Å². The number of phenols is 1. The molecule has 2 rings (SSSR count). The molecule has 0 heterocycles. The highest BCUT2D eigenvalue weighted by Gasteiger charge is 2.06. The maximum atomic E-state index is 12.0. The first-order chi connectivity index (χ1) is 10.1. The van der Waals surface area contributed by atoms with Crippen LogP contribution >= 0.6 is 0 Å². The van der Waals surface area contributed by atoms with Crippen molar-refractivity contribution < 1.29 is 9.90 Å². The fourth-order valence-corrected chi connectivity index (χ4v) is 1.82. The molecule has 2 aromatic rings. The summed E-state index contributed by atoms with van der Waals surface area (Å²) < 4.78 is 0. The lowest BCUT2D eigenvalue weighted by Crippen LogP contribution is -2.20. The van der Waals surface area contributed by atoms with Gasteiger partial charge in [-0.2, -0.15) is 5.10 Å². The van der Waals surface area contributed by atoms with Crippen molar-refractivity contribution in [3.05, 3.63) is 59.7 Å². The summed E-state index contributed by atoms with van der Waals surface area (Å²) in [7, 11) is 0. The van der Waals surface area contributed by atoms with Gasteiger partial charge in [0.2, 0.25) is 0 Å². The van der Waals surface area contributed by atoms with Crippen LogP contribution in [0, 0.1) is 0 Å². The Hall–Kier alpha value is -2.82. The second kappa shape index (κ2) is 6.56. The number of anilines is 1. The van der Waals surface area contributed by atoms with E-state index in [0.29, 0.717) is 17.7 Å². The van der Waals surface area contributed by atoms with Gasteiger partial charge in [-0.25, -0.2) is 5.43 Å². The van der Waals surface area contributed by atoms with E-state index in [4.69, 9.17) is 5.73 Å². The lowest BCUT2D eigenvalue weighted by molar-refractivity contribution is 0.0955. The van der Waals surface area contributed by atoms with E-state index in [0.717, 1.165) is 11.3 Å². The standard InChI is InChI=1S/C16H17N3O2/c1-2-15(11-5-9-14(20)10-6-11)18-19-16(21)12-3-7-13(17)8-4-12/h3-10,20H,2,17H2,1H3,(H,19,21)/b18-15-. The van der Waals surface area contributed by atoms with Gasteiger partial charge >= 0.3 is 0 Å². The number of nitrogens with one attached hydrogen (secondary N) is 1. The number of hydrazone groups is 1. The number of nitrogens with zero attached hydrogens (tertiary/aromatic N) is 1. The van der Waals surface area contributed by atoms with Crippen molar-refractivity contribution in [2.24, 2.45) is 5.10 Å². The fraction of sp³-hybridized carbons (Fsp3) is 0.125. The van der Waals surface area contributed by atoms with E-state index in [1.807, 2.05) is 6.92 Å². The van der Waals surface area contributed by atoms with Crippen molar-refractivity contribution >= 4 is 17.3 Å². The Morgan fingerprint density at radius 3 is 2.24 bits per heavy atom. The Kier molecular flexibility index (Phi) is 4.56. The first-order valence-corrected chi connectivity index (χ1v) is 6.62. The number of benzene rings is 2. The molecule has 5 heteroatoms. The molecule has 2 aromatic carbocycles. The van der Waals surface area contributed by atoms with Crippen LogP contribution in [0.2, 0.25) is 0 Å². The summed E-state index contributed by atoms with van der Waals surface area (Å²) in [5.41, 5.74) is 10.8. The lowest BCUT2D eigenvalue weighted by atomic mass is 10.1. The first kappa shape index (κ1) is 14.6. The summed E-state index contributed by atoms with van der Waals surface area (Å²) in [5, 5.41) is 13.4. The summed E-state index contributed by atoms with van der Waals surface area (Å²) in [6.45, 7) is 1.95. The molecule has 0 unspecified atom stereocenters. The van der Waals surface area contributed by atoms with Gasteiger partial charge < -0.3 is 10.8 Å². The number of hydrogen-bond acceptors (Lipinski definition) is 4. The molecule has 0 bridgehead atoms. The van der Waals surface area contributed by atoms with Crippen LogP contribution in [-0.4, -0.2) is 16.7 Å². The number of nitrogens with two attached hydrogens (primary N) is 1. The van der Waals surface area contributed by atoms with Crippen LogP contribution in [-0.2, 0) is 0 Å². The molecule has 21 heavy (non-hydrogen) atoms. The zero-order chi connectivity index (χ0) is 15.2. The third-order valence-corrected chi connectivity index (χ3v) is 3.00. The number of rotatable bonds is 4. The van der Waals surface area contributed by atoms with E-state index in [2.05, 4.69) is 10.5 Å². The third-order valence-electron chi connectivity index (χ3n) is 3.00. The largest absolute Gasteiger partial charge is 0.508 e. The minimum atomic E-state index is -0.292. The summed E-state index contributed by atoms with van der Waals surface area (Å²) in [5.74, 6) is -0.0974. The van der Waals surface area contributed by atoms with Crippen LogP contribution in [0.25, 0.3) is 0 Å². The molecule has 5 nitrogen and oxygen atoms in total. The van der Waals surface area contributed by atoms with Gasteiger partial charge in [-0.05, 0) is 60.5 Å². The molecule has 108 valence electrons. The normalized spacial score (nSPS) is 11.2. The number of aromatic hydroxyl groups is 1. The molecule has 0 saturated heterocycles. The average Bonchev–Trinajstić information content (AvgIpc) is 2.50. The van der Waals surface area contributed by atoms with E-state index in [1.54, 1.807) is 48.5 Å². The smallest absolute Gasteiger partial charge is 0.271 e. The predicted molar refractivity (Wildman–Crippen MR) is 83.3 cm³/mol. The molecule has 0 aliphatic carbocycles. The minimum Gasteiger partial charge on any atom is -0.508 e. The summed E-state index contributed by atoms with van der Waals surface area (Å²) in [4.78, 5) is 12.0. The molecular formula is C16H17N3O2. The molecule has 0 radical (unpaired) electrons. The van der Waals surface area contributed by atoms with Gasteiger partial charge in [-0.15, -0.1) is 0 Å². The third kappa shape index (κ3) is 3.82. The number of carbonyl (C=O) groups is 1. The summed E-state index contributed by atoms with van der Waals surface area (Å²) in [6, 6.07) is 13.3. The van der Waals surface area contributed by atoms with Crippen LogP contribution < -0.4 is 11.2 Å². The number of amides is 1. The van der Waals surface area contributed by atoms with Crippen LogP contribution in [0.1, 0.15) is 29.3 Å². The maximum absolute atomic E-state index is 12.0. The molecule has 0 aliphatic heterocycles. The van der Waals surface area contributed by atoms with Crippen molar-refractivity contribution in [1.29, 1.82) is 0 Å². The van der Waals surface area contributed by atoms with Gasteiger partial charge in [-0.1, -0.05) is 6.92 Å². The van der Waals surface area contributed by atoms with Crippen LogP contribution in [0.5, 0.6) is 5.75 Å². The van der Waals surface area contributed by atoms with Crippen LogP contribution in [0.15, 0.2) is 53.6 Å². The van der Waals surface area contributed by atoms with Crippen molar-refractivity contribution in [1.82, 2.24) is 5.43 Å². The first-order valence-electron chi connectivity index (χ1n) is 6.62. The summed E-state index contributed by atoms with van der Waals surface area (Å²) in [6.07, 6.45) is 0.660. The molecule has 0 saturated carbocycles. The second-order valence-electron chi connectivity index (χ2n) is 4.52. The Bertz CT molecular complexity index is 646. The van der Waals surface area contributed by atoms with Gasteiger partial charge in [-0.3, -0.25) is 4.79 Å². The van der Waals surface area contributed by atoms with Gasteiger partial charge in [0.1, 0.15) is 5.75 Å². The number of hydrogen-bond donors (Lipinski definition) is 3. The monoisotopic (exact) mass is 283 g/mol. The SMILES string of the molecule is CC/C(=N/NC(=O)c1ccc(N)cc1)c1ccc(O)cc1. The van der Waals surface area contributed by atoms with Crippen molar-refractivity contribution in [3.63, 3.8) is 0 Å². The highest BCUT2D eigenvalue weighted by molar-refractivity contribution is 6.02. The van der Waals surface area contributed by atoms with Gasteiger partial charge in [0.05, 0.1) is 5.71 Å². The molecular weight excluding hydrogens is 266 g/mol. The lowest BCUT2D eigenvalue weighted by Gasteiger charge is -2.06. The van der Waals surface area contributed by atoms with Gasteiger partial charge in [0.25, 0.3) is 5.91 Å². The van der Waals surface area contributed by atoms with E-state index in [-0.39, 0.29) is 11.7 Å². The predicted octanol–water partition coefficient (Wildman–Crippen LogP) is 2.52. The van der Waals surface area contributed by atoms with Crippen LogP contribution in [0.3, 0.4) is 0 Å². The van der Waals surface area contributed by atoms with Crippen molar-refractivity contribution in [2.75, 3.05) is 5.73 Å². The Morgan fingerprint density at radius 2 is 1.67 bits per heavy atom. The molecule has 0 aliphatic rings. The summed E-state index contributed by atoms with van der Waals surface area (Å²) >= 11 is 0. The number of phenolic OH excluding ortho intramolecular Hbond substituents is 1. The topological polar surface area (TPSA) is 87.7 Å². The molecule has 4 N–H and O–H groups in total. The number of carbonyl (C=O) groups excluding carboxylic acids is 1. The van der Waals surface area contributed by atoms with Crippen molar-refractivity contribution in [2.45, 2.75) is 13.3 Å². The van der Waals surface area contributed by atoms with E-state index >= 15 is 0 Å². The minimum absolute atomic E-state index is 0.195. The molecule has 0 atom stereocenters. The zero-order valence-corrected chi connectivity index (χ0v) is 11.7. The Morgan fingerprint density at radius 1 is 1.10 bits per heavy atom. The molecule has 0 aromatic heterocycles. The fourth-order valence-electron chi connectivity index (χ4n) is 1.82. The Balaban J connectivity index is 2.12. The van der Waals surface area contributed by atoms with E-state index in [1.165, 1.54) is 0 Å². The number of nitrogen functional groups attached to an aromatic ring is 1. The second-order valence-corrected chi connectivity index (χ2v) is 4.52. The molecule has 1 amide bonds. The maximum Gasteiger partial charge on any atom is 0.271 e. The van der Waals surface area contributed by atoms with Gasteiger partial charge in [0, 0.05) is 11.3 Å². The average molecular weight is 283 g/mol. The highest BCUT2D eigenvalue weighted by atomic mass is 16.3.